The fraction of sp³-hybridized carbons (Fsp3) is 0.435. The number of thiophene rings is 1. The molecule has 2 aromatic heterocycles. The second-order valence-electron chi connectivity index (χ2n) is 8.89. The van der Waals surface area contributed by atoms with Gasteiger partial charge in [0.15, 0.2) is 0 Å². The van der Waals surface area contributed by atoms with Crippen LogP contribution in [0.15, 0.2) is 33.7 Å². The van der Waals surface area contributed by atoms with Crippen molar-refractivity contribution in [3.8, 4) is 10.7 Å². The summed E-state index contributed by atoms with van der Waals surface area (Å²) in [5.74, 6) is 0.411. The highest BCUT2D eigenvalue weighted by atomic mass is 32.2. The third kappa shape index (κ3) is 4.51. The van der Waals surface area contributed by atoms with Crippen molar-refractivity contribution in [1.29, 1.82) is 0 Å². The zero-order chi connectivity index (χ0) is 24.0. The lowest BCUT2D eigenvalue weighted by atomic mass is 9.97. The predicted octanol–water partition coefficient (Wildman–Crippen LogP) is 4.47. The van der Waals surface area contributed by atoms with E-state index in [2.05, 4.69) is 15.5 Å². The molecule has 1 aliphatic heterocycles. The maximum absolute atomic E-state index is 13.8. The summed E-state index contributed by atoms with van der Waals surface area (Å²) < 4.78 is 47.2. The Morgan fingerprint density at radius 3 is 2.59 bits per heavy atom. The van der Waals surface area contributed by atoms with E-state index in [-0.39, 0.29) is 35.6 Å². The molecule has 34 heavy (non-hydrogen) atoms. The Hall–Kier alpha value is -2.63. The van der Waals surface area contributed by atoms with Gasteiger partial charge in [0.25, 0.3) is 0 Å². The van der Waals surface area contributed by atoms with Crippen LogP contribution < -0.4 is 5.32 Å². The summed E-state index contributed by atoms with van der Waals surface area (Å²) in [4.78, 5) is 18.6. The minimum atomic E-state index is -3.72. The van der Waals surface area contributed by atoms with E-state index < -0.39 is 10.0 Å². The summed E-state index contributed by atoms with van der Waals surface area (Å²) in [7, 11) is -3.72. The summed E-state index contributed by atoms with van der Waals surface area (Å²) in [5, 5.41) is 6.76. The van der Waals surface area contributed by atoms with E-state index in [9.17, 15) is 17.6 Å². The number of amides is 1. The molecule has 1 saturated heterocycles. The Morgan fingerprint density at radius 1 is 1.18 bits per heavy atom. The number of halogens is 1. The summed E-state index contributed by atoms with van der Waals surface area (Å²) >= 11 is 1.33. The van der Waals surface area contributed by atoms with E-state index in [1.165, 1.54) is 21.7 Å². The molecule has 0 bridgehead atoms. The second-order valence-corrected chi connectivity index (χ2v) is 12.1. The SMILES string of the molecule is Cc1ccc(NC(=O)C2CCN(S(=O)(=O)c3cc(-c4noc(C5CC5)n4)sc3C)CC2)cc1F. The van der Waals surface area contributed by atoms with Crippen LogP contribution in [0.4, 0.5) is 10.1 Å². The molecule has 1 amide bonds. The fourth-order valence-electron chi connectivity index (χ4n) is 4.08. The van der Waals surface area contributed by atoms with Crippen molar-refractivity contribution < 1.29 is 22.1 Å². The van der Waals surface area contributed by atoms with Gasteiger partial charge in [0, 0.05) is 35.5 Å². The largest absolute Gasteiger partial charge is 0.339 e. The normalized spacial score (nSPS) is 17.7. The van der Waals surface area contributed by atoms with Gasteiger partial charge in [-0.05, 0) is 63.3 Å². The van der Waals surface area contributed by atoms with Crippen LogP contribution in [0.5, 0.6) is 0 Å². The smallest absolute Gasteiger partial charge is 0.244 e. The molecule has 1 saturated carbocycles. The number of carbonyl (C=O) groups excluding carboxylic acids is 1. The highest BCUT2D eigenvalue weighted by Crippen LogP contribution is 2.41. The van der Waals surface area contributed by atoms with Gasteiger partial charge in [-0.1, -0.05) is 11.2 Å². The molecule has 0 spiro atoms. The van der Waals surface area contributed by atoms with Crippen LogP contribution in [0, 0.1) is 25.6 Å². The maximum Gasteiger partial charge on any atom is 0.244 e. The van der Waals surface area contributed by atoms with Crippen LogP contribution in [-0.4, -0.2) is 41.9 Å². The number of sulfonamides is 1. The van der Waals surface area contributed by atoms with Gasteiger partial charge in [0.05, 0.1) is 9.77 Å². The summed E-state index contributed by atoms with van der Waals surface area (Å²) in [6.45, 7) is 3.90. The lowest BCUT2D eigenvalue weighted by molar-refractivity contribution is -0.120. The van der Waals surface area contributed by atoms with Crippen LogP contribution in [-0.2, 0) is 14.8 Å². The van der Waals surface area contributed by atoms with Crippen LogP contribution >= 0.6 is 11.3 Å². The lowest BCUT2D eigenvalue weighted by Crippen LogP contribution is -2.41. The van der Waals surface area contributed by atoms with E-state index >= 15 is 0 Å². The molecule has 5 rings (SSSR count). The fourth-order valence-corrected chi connectivity index (χ4v) is 7.03. The van der Waals surface area contributed by atoms with Crippen molar-refractivity contribution in [2.24, 2.45) is 5.92 Å². The van der Waals surface area contributed by atoms with Crippen LogP contribution in [0.3, 0.4) is 0 Å². The average Bonchev–Trinajstić information content (AvgIpc) is 3.40. The topological polar surface area (TPSA) is 105 Å². The molecule has 8 nitrogen and oxygen atoms in total. The summed E-state index contributed by atoms with van der Waals surface area (Å²) in [5.41, 5.74) is 0.905. The van der Waals surface area contributed by atoms with Gasteiger partial charge in [-0.2, -0.15) is 9.29 Å². The van der Waals surface area contributed by atoms with Crippen LogP contribution in [0.1, 0.15) is 47.9 Å². The number of benzene rings is 1. The highest BCUT2D eigenvalue weighted by Gasteiger charge is 2.35. The van der Waals surface area contributed by atoms with Gasteiger partial charge >= 0.3 is 0 Å². The third-order valence-electron chi connectivity index (χ3n) is 6.34. The molecular formula is C23H25FN4O4S2. The van der Waals surface area contributed by atoms with Gasteiger partial charge in [-0.15, -0.1) is 11.3 Å². The molecule has 2 aliphatic rings. The molecule has 3 aromatic rings. The molecule has 1 aromatic carbocycles. The number of anilines is 1. The standard InChI is InChI=1S/C23H25FN4O4S2/c1-13-3-6-17(11-18(13)24)25-22(29)15-7-9-28(10-8-15)34(30,31)20-12-19(33-14(20)2)21-26-23(32-27-21)16-4-5-16/h3,6,11-12,15-16H,4-5,7-10H2,1-2H3,(H,25,29). The Bertz CT molecular complexity index is 1340. The first-order valence-electron chi connectivity index (χ1n) is 11.2. The Balaban J connectivity index is 1.24. The zero-order valence-corrected chi connectivity index (χ0v) is 20.5. The Morgan fingerprint density at radius 2 is 1.91 bits per heavy atom. The van der Waals surface area contributed by atoms with Gasteiger partial charge < -0.3 is 9.84 Å². The number of aromatic nitrogens is 2. The molecule has 1 N–H and O–H groups in total. The zero-order valence-electron chi connectivity index (χ0n) is 18.9. The van der Waals surface area contributed by atoms with Crippen LogP contribution in [0.2, 0.25) is 0 Å². The lowest BCUT2D eigenvalue weighted by Gasteiger charge is -2.30. The minimum absolute atomic E-state index is 0.224. The molecule has 2 fully saturated rings. The first kappa shape index (κ1) is 23.1. The number of hydrogen-bond donors (Lipinski definition) is 1. The van der Waals surface area contributed by atoms with Crippen molar-refractivity contribution in [2.75, 3.05) is 18.4 Å². The molecule has 3 heterocycles. The molecule has 0 atom stereocenters. The molecule has 0 unspecified atom stereocenters. The van der Waals surface area contributed by atoms with Crippen molar-refractivity contribution in [2.45, 2.75) is 50.3 Å². The monoisotopic (exact) mass is 504 g/mol. The van der Waals surface area contributed by atoms with Crippen molar-refractivity contribution >= 4 is 33.0 Å². The van der Waals surface area contributed by atoms with Gasteiger partial charge in [-0.25, -0.2) is 12.8 Å². The number of piperidine rings is 1. The first-order valence-corrected chi connectivity index (χ1v) is 13.5. The highest BCUT2D eigenvalue weighted by molar-refractivity contribution is 7.89. The summed E-state index contributed by atoms with van der Waals surface area (Å²) in [6, 6.07) is 6.17. The number of aryl methyl sites for hydroxylation is 2. The number of rotatable bonds is 6. The van der Waals surface area contributed by atoms with Gasteiger partial charge in [0.1, 0.15) is 5.82 Å². The molecule has 1 aliphatic carbocycles. The number of nitrogens with one attached hydrogen (secondary N) is 1. The average molecular weight is 505 g/mol. The minimum Gasteiger partial charge on any atom is -0.339 e. The van der Waals surface area contributed by atoms with Crippen molar-refractivity contribution in [1.82, 2.24) is 14.4 Å². The van der Waals surface area contributed by atoms with E-state index in [1.54, 1.807) is 32.0 Å². The van der Waals surface area contributed by atoms with Gasteiger partial charge in [0.2, 0.25) is 27.6 Å². The molecule has 180 valence electrons. The maximum atomic E-state index is 13.8. The van der Waals surface area contributed by atoms with Crippen molar-refractivity contribution in [3.63, 3.8) is 0 Å². The second kappa shape index (κ2) is 8.86. The molecule has 11 heteroatoms. The van der Waals surface area contributed by atoms with Gasteiger partial charge in [-0.3, -0.25) is 4.79 Å². The molecule has 0 radical (unpaired) electrons. The van der Waals surface area contributed by atoms with E-state index in [1.807, 2.05) is 0 Å². The van der Waals surface area contributed by atoms with Crippen molar-refractivity contribution in [3.05, 3.63) is 46.4 Å². The number of hydrogen-bond acceptors (Lipinski definition) is 7. The number of nitrogens with zero attached hydrogens (tertiary/aromatic N) is 3. The quantitative estimate of drug-likeness (QED) is 0.531. The predicted molar refractivity (Wildman–Crippen MR) is 126 cm³/mol. The first-order chi connectivity index (χ1) is 16.2. The Kier molecular flexibility index (Phi) is 6.03. The van der Waals surface area contributed by atoms with E-state index in [4.69, 9.17) is 4.52 Å². The van der Waals surface area contributed by atoms with Crippen LogP contribution in [0.25, 0.3) is 10.7 Å². The summed E-state index contributed by atoms with van der Waals surface area (Å²) in [6.07, 6.45) is 2.87. The number of carbonyl (C=O) groups is 1. The third-order valence-corrected chi connectivity index (χ3v) is 9.54. The molecular weight excluding hydrogens is 479 g/mol. The Labute approximate surface area is 201 Å². The van der Waals surface area contributed by atoms with E-state index in [0.717, 1.165) is 12.8 Å². The van der Waals surface area contributed by atoms with E-state index in [0.29, 0.717) is 51.5 Å².